The van der Waals surface area contributed by atoms with Gasteiger partial charge < -0.3 is 5.32 Å². The van der Waals surface area contributed by atoms with E-state index in [1.807, 2.05) is 12.1 Å². The third-order valence-electron chi connectivity index (χ3n) is 2.10. The van der Waals surface area contributed by atoms with E-state index in [0.717, 1.165) is 4.47 Å². The number of hydrogen-bond acceptors (Lipinski definition) is 2. The van der Waals surface area contributed by atoms with Crippen molar-refractivity contribution in [3.8, 4) is 6.07 Å². The first-order valence-electron chi connectivity index (χ1n) is 4.90. The van der Waals surface area contributed by atoms with Crippen molar-refractivity contribution in [3.63, 3.8) is 0 Å². The molecule has 0 fully saturated rings. The van der Waals surface area contributed by atoms with E-state index in [9.17, 15) is 4.79 Å². The molecule has 1 aromatic rings. The van der Waals surface area contributed by atoms with E-state index < -0.39 is 5.41 Å². The molecular weight excluding hydrogens is 268 g/mol. The molecule has 84 valence electrons. The smallest absolute Gasteiger partial charge is 0.251 e. The number of carbonyl (C=O) groups excluding carboxylic acids is 1. The van der Waals surface area contributed by atoms with Gasteiger partial charge >= 0.3 is 0 Å². The van der Waals surface area contributed by atoms with E-state index in [2.05, 4.69) is 27.3 Å². The van der Waals surface area contributed by atoms with Crippen LogP contribution in [0.1, 0.15) is 24.2 Å². The lowest BCUT2D eigenvalue weighted by Crippen LogP contribution is -2.33. The molecule has 3 nitrogen and oxygen atoms in total. The van der Waals surface area contributed by atoms with Gasteiger partial charge in [0.1, 0.15) is 0 Å². The molecule has 0 heterocycles. The fraction of sp³-hybridized carbons (Fsp3) is 0.333. The molecule has 0 aliphatic heterocycles. The Morgan fingerprint density at radius 3 is 2.50 bits per heavy atom. The summed E-state index contributed by atoms with van der Waals surface area (Å²) in [7, 11) is 0. The average Bonchev–Trinajstić information content (AvgIpc) is 2.27. The quantitative estimate of drug-likeness (QED) is 0.926. The second-order valence-corrected chi connectivity index (χ2v) is 5.10. The van der Waals surface area contributed by atoms with Gasteiger partial charge in [-0.2, -0.15) is 5.26 Å². The zero-order valence-electron chi connectivity index (χ0n) is 9.25. The molecule has 0 aliphatic carbocycles. The molecule has 0 bridgehead atoms. The van der Waals surface area contributed by atoms with Crippen LogP contribution >= 0.6 is 15.9 Å². The molecule has 4 heteroatoms. The van der Waals surface area contributed by atoms with Gasteiger partial charge in [-0.1, -0.05) is 15.9 Å². The third kappa shape index (κ3) is 3.67. The Hall–Kier alpha value is -1.34. The predicted molar refractivity (Wildman–Crippen MR) is 65.9 cm³/mol. The van der Waals surface area contributed by atoms with Crippen molar-refractivity contribution in [1.29, 1.82) is 5.26 Å². The SMILES string of the molecule is CC(C)(C#N)CNC(=O)c1ccc(Br)cc1. The number of benzene rings is 1. The van der Waals surface area contributed by atoms with Crippen LogP contribution in [0, 0.1) is 16.7 Å². The van der Waals surface area contributed by atoms with Crippen molar-refractivity contribution in [2.45, 2.75) is 13.8 Å². The van der Waals surface area contributed by atoms with Crippen LogP contribution in [-0.4, -0.2) is 12.5 Å². The maximum Gasteiger partial charge on any atom is 0.251 e. The van der Waals surface area contributed by atoms with Crippen molar-refractivity contribution < 1.29 is 4.79 Å². The Morgan fingerprint density at radius 2 is 2.00 bits per heavy atom. The molecule has 0 atom stereocenters. The molecule has 1 amide bonds. The van der Waals surface area contributed by atoms with E-state index in [4.69, 9.17) is 5.26 Å². The first-order chi connectivity index (χ1) is 7.44. The van der Waals surface area contributed by atoms with Crippen LogP contribution < -0.4 is 5.32 Å². The first-order valence-corrected chi connectivity index (χ1v) is 5.69. The standard InChI is InChI=1S/C12H13BrN2O/c1-12(2,7-14)8-15-11(16)9-3-5-10(13)6-4-9/h3-6H,8H2,1-2H3,(H,15,16). The van der Waals surface area contributed by atoms with E-state index >= 15 is 0 Å². The normalized spacial score (nSPS) is 10.6. The molecule has 0 aliphatic rings. The highest BCUT2D eigenvalue weighted by atomic mass is 79.9. The van der Waals surface area contributed by atoms with Crippen molar-refractivity contribution in [2.24, 2.45) is 5.41 Å². The second-order valence-electron chi connectivity index (χ2n) is 4.19. The Balaban J connectivity index is 2.61. The van der Waals surface area contributed by atoms with Gasteiger partial charge in [-0.3, -0.25) is 4.79 Å². The highest BCUT2D eigenvalue weighted by Gasteiger charge is 2.17. The van der Waals surface area contributed by atoms with Crippen LogP contribution in [0.3, 0.4) is 0 Å². The summed E-state index contributed by atoms with van der Waals surface area (Å²) in [6, 6.07) is 9.22. The van der Waals surface area contributed by atoms with E-state index in [1.165, 1.54) is 0 Å². The molecule has 0 aromatic heterocycles. The molecule has 0 saturated heterocycles. The summed E-state index contributed by atoms with van der Waals surface area (Å²) in [6.45, 7) is 3.92. The van der Waals surface area contributed by atoms with Gasteiger partial charge in [-0.25, -0.2) is 0 Å². The Labute approximate surface area is 104 Å². The minimum absolute atomic E-state index is 0.157. The minimum Gasteiger partial charge on any atom is -0.350 e. The number of rotatable bonds is 3. The summed E-state index contributed by atoms with van der Waals surface area (Å²) < 4.78 is 0.932. The van der Waals surface area contributed by atoms with Gasteiger partial charge in [0.2, 0.25) is 0 Å². The lowest BCUT2D eigenvalue weighted by atomic mass is 9.96. The predicted octanol–water partition coefficient (Wildman–Crippen LogP) is 2.73. The minimum atomic E-state index is -0.537. The molecule has 1 N–H and O–H groups in total. The third-order valence-corrected chi connectivity index (χ3v) is 2.63. The van der Waals surface area contributed by atoms with Crippen LogP contribution in [-0.2, 0) is 0 Å². The molecule has 1 rings (SSSR count). The molecule has 0 radical (unpaired) electrons. The average molecular weight is 281 g/mol. The van der Waals surface area contributed by atoms with Crippen LogP contribution in [0.25, 0.3) is 0 Å². The highest BCUT2D eigenvalue weighted by molar-refractivity contribution is 9.10. The Bertz CT molecular complexity index is 418. The number of hydrogen-bond donors (Lipinski definition) is 1. The maximum atomic E-state index is 11.7. The number of amides is 1. The zero-order chi connectivity index (χ0) is 12.2. The monoisotopic (exact) mass is 280 g/mol. The Kier molecular flexibility index (Phi) is 4.08. The van der Waals surface area contributed by atoms with Gasteiger partial charge in [0.05, 0.1) is 11.5 Å². The van der Waals surface area contributed by atoms with E-state index in [1.54, 1.807) is 26.0 Å². The number of carbonyl (C=O) groups is 1. The van der Waals surface area contributed by atoms with Crippen molar-refractivity contribution in [2.75, 3.05) is 6.54 Å². The molecular formula is C12H13BrN2O. The molecule has 0 spiro atoms. The summed E-state index contributed by atoms with van der Waals surface area (Å²) in [5.41, 5.74) is 0.0577. The second kappa shape index (κ2) is 5.13. The largest absolute Gasteiger partial charge is 0.350 e. The fourth-order valence-corrected chi connectivity index (χ4v) is 1.31. The lowest BCUT2D eigenvalue weighted by Gasteiger charge is -2.15. The molecule has 0 unspecified atom stereocenters. The van der Waals surface area contributed by atoms with Crippen LogP contribution in [0.5, 0.6) is 0 Å². The lowest BCUT2D eigenvalue weighted by molar-refractivity contribution is 0.0943. The summed E-state index contributed by atoms with van der Waals surface area (Å²) >= 11 is 3.30. The van der Waals surface area contributed by atoms with E-state index in [-0.39, 0.29) is 5.91 Å². The van der Waals surface area contributed by atoms with Crippen LogP contribution in [0.4, 0.5) is 0 Å². The topological polar surface area (TPSA) is 52.9 Å². The summed E-state index contributed by atoms with van der Waals surface area (Å²) in [5.74, 6) is -0.157. The first kappa shape index (κ1) is 12.7. The van der Waals surface area contributed by atoms with Crippen molar-refractivity contribution in [1.82, 2.24) is 5.32 Å². The zero-order valence-corrected chi connectivity index (χ0v) is 10.8. The van der Waals surface area contributed by atoms with Crippen LogP contribution in [0.15, 0.2) is 28.7 Å². The number of nitrogens with zero attached hydrogens (tertiary/aromatic N) is 1. The molecule has 0 saturated carbocycles. The fourth-order valence-electron chi connectivity index (χ4n) is 1.04. The van der Waals surface area contributed by atoms with Gasteiger partial charge in [-0.15, -0.1) is 0 Å². The van der Waals surface area contributed by atoms with Crippen LogP contribution in [0.2, 0.25) is 0 Å². The molecule has 16 heavy (non-hydrogen) atoms. The van der Waals surface area contributed by atoms with Crippen molar-refractivity contribution in [3.05, 3.63) is 34.3 Å². The van der Waals surface area contributed by atoms with Gasteiger partial charge in [-0.05, 0) is 38.1 Å². The van der Waals surface area contributed by atoms with Gasteiger partial charge in [0.25, 0.3) is 5.91 Å². The van der Waals surface area contributed by atoms with Gasteiger partial charge in [0, 0.05) is 16.6 Å². The number of nitrogens with one attached hydrogen (secondary N) is 1. The highest BCUT2D eigenvalue weighted by Crippen LogP contribution is 2.13. The summed E-state index contributed by atoms with van der Waals surface area (Å²) in [6.07, 6.45) is 0. The Morgan fingerprint density at radius 1 is 1.44 bits per heavy atom. The van der Waals surface area contributed by atoms with E-state index in [0.29, 0.717) is 12.1 Å². The molecule has 1 aromatic carbocycles. The summed E-state index contributed by atoms with van der Waals surface area (Å²) in [4.78, 5) is 11.7. The van der Waals surface area contributed by atoms with Gasteiger partial charge in [0.15, 0.2) is 0 Å². The van der Waals surface area contributed by atoms with Crippen molar-refractivity contribution >= 4 is 21.8 Å². The number of nitriles is 1. The number of halogens is 1. The maximum absolute atomic E-state index is 11.7. The summed E-state index contributed by atoms with van der Waals surface area (Å²) in [5, 5.41) is 11.5.